The molecule has 4 nitrogen and oxygen atoms in total. The summed E-state index contributed by atoms with van der Waals surface area (Å²) >= 11 is 0. The van der Waals surface area contributed by atoms with Crippen molar-refractivity contribution in [2.24, 2.45) is 0 Å². The topological polar surface area (TPSA) is 43.4 Å². The van der Waals surface area contributed by atoms with Crippen molar-refractivity contribution in [2.75, 3.05) is 25.1 Å². The molecule has 1 aliphatic heterocycles. The summed E-state index contributed by atoms with van der Waals surface area (Å²) in [5.74, 6) is 1.74. The van der Waals surface area contributed by atoms with Gasteiger partial charge in [0.15, 0.2) is 0 Å². The van der Waals surface area contributed by atoms with E-state index in [1.165, 1.54) is 0 Å². The van der Waals surface area contributed by atoms with E-state index in [2.05, 4.69) is 17.2 Å². The van der Waals surface area contributed by atoms with Gasteiger partial charge in [-0.3, -0.25) is 0 Å². The van der Waals surface area contributed by atoms with Gasteiger partial charge in [0.2, 0.25) is 0 Å². The van der Waals surface area contributed by atoms with Gasteiger partial charge < -0.3 is 14.8 Å². The van der Waals surface area contributed by atoms with Crippen LogP contribution in [0.4, 0.5) is 5.82 Å². The summed E-state index contributed by atoms with van der Waals surface area (Å²) in [6.07, 6.45) is 4.02. The molecule has 0 aromatic carbocycles. The van der Waals surface area contributed by atoms with Gasteiger partial charge in [-0.25, -0.2) is 4.98 Å². The van der Waals surface area contributed by atoms with Crippen LogP contribution in [0.1, 0.15) is 19.8 Å². The predicted molar refractivity (Wildman–Crippen MR) is 62.9 cm³/mol. The molecule has 2 heterocycles. The summed E-state index contributed by atoms with van der Waals surface area (Å²) in [5.41, 5.74) is 0. The second kappa shape index (κ2) is 5.70. The van der Waals surface area contributed by atoms with Gasteiger partial charge in [0.25, 0.3) is 0 Å². The van der Waals surface area contributed by atoms with Gasteiger partial charge >= 0.3 is 0 Å². The Balaban J connectivity index is 1.92. The van der Waals surface area contributed by atoms with E-state index >= 15 is 0 Å². The van der Waals surface area contributed by atoms with Gasteiger partial charge in [0.1, 0.15) is 17.7 Å². The van der Waals surface area contributed by atoms with E-state index in [-0.39, 0.29) is 6.10 Å². The molecule has 1 aromatic rings. The van der Waals surface area contributed by atoms with Gasteiger partial charge in [-0.1, -0.05) is 6.92 Å². The van der Waals surface area contributed by atoms with Gasteiger partial charge in [0.05, 0.1) is 13.2 Å². The lowest BCUT2D eigenvalue weighted by molar-refractivity contribution is 0.141. The third kappa shape index (κ3) is 3.10. The lowest BCUT2D eigenvalue weighted by Gasteiger charge is -2.12. The highest BCUT2D eigenvalue weighted by atomic mass is 16.5. The van der Waals surface area contributed by atoms with Crippen molar-refractivity contribution in [2.45, 2.75) is 25.9 Å². The normalized spacial score (nSPS) is 19.7. The second-order valence-electron chi connectivity index (χ2n) is 3.91. The Morgan fingerprint density at radius 1 is 1.62 bits per heavy atom. The van der Waals surface area contributed by atoms with E-state index in [4.69, 9.17) is 9.47 Å². The van der Waals surface area contributed by atoms with Crippen molar-refractivity contribution < 1.29 is 9.47 Å². The highest BCUT2D eigenvalue weighted by Crippen LogP contribution is 2.18. The maximum absolute atomic E-state index is 5.79. The van der Waals surface area contributed by atoms with E-state index in [1.807, 2.05) is 12.1 Å². The number of ether oxygens (including phenoxy) is 2. The molecule has 1 atom stereocenters. The van der Waals surface area contributed by atoms with Gasteiger partial charge in [-0.2, -0.15) is 0 Å². The van der Waals surface area contributed by atoms with Crippen molar-refractivity contribution in [3.8, 4) is 5.75 Å². The summed E-state index contributed by atoms with van der Waals surface area (Å²) in [5, 5.41) is 3.24. The Bertz CT molecular complexity index is 325. The molecule has 0 amide bonds. The molecule has 1 aliphatic rings. The number of pyridine rings is 1. The first kappa shape index (κ1) is 11.2. The van der Waals surface area contributed by atoms with Crippen molar-refractivity contribution in [3.63, 3.8) is 0 Å². The van der Waals surface area contributed by atoms with Gasteiger partial charge in [0, 0.05) is 25.2 Å². The van der Waals surface area contributed by atoms with Gasteiger partial charge in [-0.05, 0) is 12.5 Å². The summed E-state index contributed by atoms with van der Waals surface area (Å²) < 4.78 is 11.1. The summed E-state index contributed by atoms with van der Waals surface area (Å²) in [4.78, 5) is 4.23. The molecular weight excluding hydrogens is 204 g/mol. The number of hydrogen-bond donors (Lipinski definition) is 1. The molecule has 0 spiro atoms. The fourth-order valence-corrected chi connectivity index (χ4v) is 1.63. The summed E-state index contributed by atoms with van der Waals surface area (Å²) in [6.45, 7) is 4.56. The van der Waals surface area contributed by atoms with E-state index < -0.39 is 0 Å². The van der Waals surface area contributed by atoms with E-state index in [0.717, 1.165) is 37.6 Å². The largest absolute Gasteiger partial charge is 0.488 e. The molecule has 0 radical (unpaired) electrons. The molecule has 88 valence electrons. The van der Waals surface area contributed by atoms with Crippen LogP contribution in [0.5, 0.6) is 5.75 Å². The van der Waals surface area contributed by atoms with Crippen LogP contribution in [-0.2, 0) is 4.74 Å². The Morgan fingerprint density at radius 3 is 3.31 bits per heavy atom. The van der Waals surface area contributed by atoms with Crippen LogP contribution in [0.2, 0.25) is 0 Å². The Morgan fingerprint density at radius 2 is 2.56 bits per heavy atom. The number of anilines is 1. The number of nitrogens with one attached hydrogen (secondary N) is 1. The minimum absolute atomic E-state index is 0.196. The fraction of sp³-hybridized carbons (Fsp3) is 0.583. The predicted octanol–water partition coefficient (Wildman–Crippen LogP) is 2.07. The van der Waals surface area contributed by atoms with E-state index in [0.29, 0.717) is 6.61 Å². The molecular formula is C12H18N2O2. The number of hydrogen-bond acceptors (Lipinski definition) is 4. The highest BCUT2D eigenvalue weighted by Gasteiger charge is 2.17. The zero-order valence-corrected chi connectivity index (χ0v) is 9.61. The SMILES string of the molecule is CCCNc1cc(OC2CCOC2)ccn1. The van der Waals surface area contributed by atoms with Crippen molar-refractivity contribution in [1.29, 1.82) is 0 Å². The second-order valence-corrected chi connectivity index (χ2v) is 3.91. The molecule has 0 aliphatic carbocycles. The van der Waals surface area contributed by atoms with Crippen LogP contribution >= 0.6 is 0 Å². The molecule has 16 heavy (non-hydrogen) atoms. The lowest BCUT2D eigenvalue weighted by Crippen LogP contribution is -2.15. The maximum atomic E-state index is 5.79. The summed E-state index contributed by atoms with van der Waals surface area (Å²) in [6, 6.07) is 3.82. The first-order chi connectivity index (χ1) is 7.88. The van der Waals surface area contributed by atoms with E-state index in [9.17, 15) is 0 Å². The quantitative estimate of drug-likeness (QED) is 0.828. The van der Waals surface area contributed by atoms with E-state index in [1.54, 1.807) is 6.20 Å². The molecule has 1 aromatic heterocycles. The molecule has 1 saturated heterocycles. The highest BCUT2D eigenvalue weighted by molar-refractivity contribution is 5.40. The lowest BCUT2D eigenvalue weighted by atomic mass is 10.3. The molecule has 1 fully saturated rings. The molecule has 4 heteroatoms. The standard InChI is InChI=1S/C12H18N2O2/c1-2-5-13-12-8-10(3-6-14-12)16-11-4-7-15-9-11/h3,6,8,11H,2,4-5,7,9H2,1H3,(H,13,14). The van der Waals surface area contributed by atoms with Crippen LogP contribution in [0.3, 0.4) is 0 Å². The number of rotatable bonds is 5. The Hall–Kier alpha value is -1.29. The van der Waals surface area contributed by atoms with Crippen LogP contribution in [0.15, 0.2) is 18.3 Å². The molecule has 1 N–H and O–H groups in total. The zero-order chi connectivity index (χ0) is 11.2. The third-order valence-corrected chi connectivity index (χ3v) is 2.48. The first-order valence-electron chi connectivity index (χ1n) is 5.83. The third-order valence-electron chi connectivity index (χ3n) is 2.48. The van der Waals surface area contributed by atoms with Crippen molar-refractivity contribution >= 4 is 5.82 Å². The van der Waals surface area contributed by atoms with Crippen molar-refractivity contribution in [3.05, 3.63) is 18.3 Å². The number of nitrogens with zero attached hydrogens (tertiary/aromatic N) is 1. The fourth-order valence-electron chi connectivity index (χ4n) is 1.63. The molecule has 2 rings (SSSR count). The average Bonchev–Trinajstić information content (AvgIpc) is 2.80. The monoisotopic (exact) mass is 222 g/mol. The van der Waals surface area contributed by atoms with Crippen LogP contribution in [0.25, 0.3) is 0 Å². The molecule has 0 saturated carbocycles. The number of aromatic nitrogens is 1. The average molecular weight is 222 g/mol. The summed E-state index contributed by atoms with van der Waals surface area (Å²) in [7, 11) is 0. The van der Waals surface area contributed by atoms with Crippen LogP contribution in [0, 0.1) is 0 Å². The molecule has 1 unspecified atom stereocenters. The smallest absolute Gasteiger partial charge is 0.129 e. The Kier molecular flexibility index (Phi) is 3.99. The Labute approximate surface area is 96.0 Å². The zero-order valence-electron chi connectivity index (χ0n) is 9.61. The van der Waals surface area contributed by atoms with Gasteiger partial charge in [-0.15, -0.1) is 0 Å². The first-order valence-corrected chi connectivity index (χ1v) is 5.83. The van der Waals surface area contributed by atoms with Crippen LogP contribution < -0.4 is 10.1 Å². The minimum atomic E-state index is 0.196. The molecule has 0 bridgehead atoms. The van der Waals surface area contributed by atoms with Crippen molar-refractivity contribution in [1.82, 2.24) is 4.98 Å². The van der Waals surface area contributed by atoms with Crippen LogP contribution in [-0.4, -0.2) is 30.8 Å². The minimum Gasteiger partial charge on any atom is -0.488 e. The maximum Gasteiger partial charge on any atom is 0.129 e.